The van der Waals surface area contributed by atoms with Gasteiger partial charge in [0.15, 0.2) is 0 Å². The van der Waals surface area contributed by atoms with E-state index < -0.39 is 26.6 Å². The van der Waals surface area contributed by atoms with Gasteiger partial charge in [0, 0.05) is 32.2 Å². The average molecular weight is 402 g/mol. The number of hydrogen-bond acceptors (Lipinski definition) is 5. The average Bonchev–Trinajstić information content (AvgIpc) is 3.08. The Morgan fingerprint density at radius 2 is 1.78 bits per heavy atom. The fourth-order valence-corrected chi connectivity index (χ4v) is 5.81. The zero-order valence-corrected chi connectivity index (χ0v) is 15.9. The Bertz CT molecular complexity index is 791. The summed E-state index contributed by atoms with van der Waals surface area (Å²) in [5.41, 5.74) is -0.324. The number of morpholine rings is 1. The molecule has 3 aliphatic rings. The summed E-state index contributed by atoms with van der Waals surface area (Å²) in [6.07, 6.45) is 1.99. The number of hydrogen-bond donors (Lipinski definition) is 0. The van der Waals surface area contributed by atoms with Crippen LogP contribution in [0, 0.1) is 11.6 Å². The van der Waals surface area contributed by atoms with E-state index in [1.54, 1.807) is 0 Å². The van der Waals surface area contributed by atoms with Gasteiger partial charge in [0.25, 0.3) is 0 Å². The number of benzene rings is 1. The van der Waals surface area contributed by atoms with Gasteiger partial charge in [-0.15, -0.1) is 0 Å². The highest BCUT2D eigenvalue weighted by molar-refractivity contribution is 7.89. The molecule has 0 radical (unpaired) electrons. The number of sulfonamides is 1. The molecule has 0 N–H and O–H groups in total. The molecule has 1 atom stereocenters. The summed E-state index contributed by atoms with van der Waals surface area (Å²) >= 11 is 0. The fraction of sp³-hybridized carbons (Fsp3) is 0.667. The van der Waals surface area contributed by atoms with E-state index in [0.29, 0.717) is 25.5 Å². The molecular formula is C18H24F2N2O4S. The molecule has 0 aliphatic carbocycles. The number of nitrogens with zero attached hydrogens (tertiary/aromatic N) is 2. The Balaban J connectivity index is 1.42. The third-order valence-electron chi connectivity index (χ3n) is 5.90. The maximum absolute atomic E-state index is 14.0. The molecule has 0 amide bonds. The van der Waals surface area contributed by atoms with Crippen molar-refractivity contribution in [3.05, 3.63) is 29.8 Å². The Hall–Kier alpha value is -1.13. The molecule has 3 aliphatic heterocycles. The van der Waals surface area contributed by atoms with E-state index in [1.165, 1.54) is 4.31 Å². The summed E-state index contributed by atoms with van der Waals surface area (Å²) in [4.78, 5) is 1.78. The van der Waals surface area contributed by atoms with Crippen LogP contribution in [-0.2, 0) is 19.5 Å². The second-order valence-electron chi connectivity index (χ2n) is 7.48. The molecule has 9 heteroatoms. The van der Waals surface area contributed by atoms with E-state index in [0.717, 1.165) is 50.9 Å². The molecule has 3 heterocycles. The zero-order chi connectivity index (χ0) is 19.1. The van der Waals surface area contributed by atoms with Gasteiger partial charge in [-0.1, -0.05) is 0 Å². The van der Waals surface area contributed by atoms with Crippen LogP contribution in [0.3, 0.4) is 0 Å². The van der Waals surface area contributed by atoms with Gasteiger partial charge in [0.2, 0.25) is 10.0 Å². The highest BCUT2D eigenvalue weighted by Gasteiger charge is 2.46. The minimum absolute atomic E-state index is 0.244. The summed E-state index contributed by atoms with van der Waals surface area (Å²) in [6.45, 7) is 4.38. The molecule has 6 nitrogen and oxygen atoms in total. The molecule has 4 rings (SSSR count). The first-order valence-corrected chi connectivity index (χ1v) is 10.7. The predicted octanol–water partition coefficient (Wildman–Crippen LogP) is 1.61. The predicted molar refractivity (Wildman–Crippen MR) is 93.8 cm³/mol. The van der Waals surface area contributed by atoms with Gasteiger partial charge in [-0.25, -0.2) is 17.2 Å². The van der Waals surface area contributed by atoms with Crippen molar-refractivity contribution in [2.75, 3.05) is 46.0 Å². The number of piperidine rings is 1. The van der Waals surface area contributed by atoms with Crippen molar-refractivity contribution in [2.45, 2.75) is 35.8 Å². The number of ether oxygens (including phenoxy) is 2. The van der Waals surface area contributed by atoms with E-state index >= 15 is 0 Å². The fourth-order valence-electron chi connectivity index (χ4n) is 4.29. The molecule has 1 aromatic rings. The lowest BCUT2D eigenvalue weighted by Gasteiger charge is -2.38. The van der Waals surface area contributed by atoms with Gasteiger partial charge in [0.1, 0.15) is 16.5 Å². The van der Waals surface area contributed by atoms with Crippen LogP contribution >= 0.6 is 0 Å². The van der Waals surface area contributed by atoms with Crippen LogP contribution in [0.4, 0.5) is 8.78 Å². The van der Waals surface area contributed by atoms with Gasteiger partial charge in [0.05, 0.1) is 25.4 Å². The standard InChI is InChI=1S/C18H24F2N2O4S/c19-14-1-2-16(20)17(11-14)27(23,24)22-5-3-18(4-6-22)12-15(13-26-18)21-7-9-25-10-8-21/h1-2,11,15H,3-10,12-13H2. The number of halogens is 2. The van der Waals surface area contributed by atoms with Crippen molar-refractivity contribution in [3.63, 3.8) is 0 Å². The highest BCUT2D eigenvalue weighted by atomic mass is 32.2. The summed E-state index contributed by atoms with van der Waals surface area (Å²) < 4.78 is 65.6. The summed E-state index contributed by atoms with van der Waals surface area (Å²) in [5.74, 6) is -1.70. The molecule has 27 heavy (non-hydrogen) atoms. The van der Waals surface area contributed by atoms with Gasteiger partial charge >= 0.3 is 0 Å². The van der Waals surface area contributed by atoms with Crippen LogP contribution < -0.4 is 0 Å². The molecule has 0 saturated carbocycles. The molecular weight excluding hydrogens is 378 g/mol. The second-order valence-corrected chi connectivity index (χ2v) is 9.39. The SMILES string of the molecule is O=S(=O)(c1cc(F)ccc1F)N1CCC2(CC1)CC(N1CCOCC1)CO2. The molecule has 3 saturated heterocycles. The van der Waals surface area contributed by atoms with E-state index in [4.69, 9.17) is 9.47 Å². The molecule has 0 aromatic heterocycles. The van der Waals surface area contributed by atoms with E-state index in [-0.39, 0.29) is 18.7 Å². The zero-order valence-electron chi connectivity index (χ0n) is 15.1. The van der Waals surface area contributed by atoms with Gasteiger partial charge in [-0.3, -0.25) is 4.90 Å². The van der Waals surface area contributed by atoms with Crippen molar-refractivity contribution in [3.8, 4) is 0 Å². The quantitative estimate of drug-likeness (QED) is 0.769. The Labute approximate surface area is 158 Å². The molecule has 3 fully saturated rings. The first kappa shape index (κ1) is 19.2. The van der Waals surface area contributed by atoms with Gasteiger partial charge < -0.3 is 9.47 Å². The van der Waals surface area contributed by atoms with Crippen molar-refractivity contribution in [1.29, 1.82) is 0 Å². The largest absolute Gasteiger partial charge is 0.379 e. The highest BCUT2D eigenvalue weighted by Crippen LogP contribution is 2.39. The third-order valence-corrected chi connectivity index (χ3v) is 7.81. The smallest absolute Gasteiger partial charge is 0.246 e. The van der Waals surface area contributed by atoms with Crippen molar-refractivity contribution >= 4 is 10.0 Å². The first-order chi connectivity index (χ1) is 12.9. The van der Waals surface area contributed by atoms with Crippen LogP contribution in [0.1, 0.15) is 19.3 Å². The molecule has 1 unspecified atom stereocenters. The minimum Gasteiger partial charge on any atom is -0.379 e. The van der Waals surface area contributed by atoms with E-state index in [9.17, 15) is 17.2 Å². The molecule has 1 aromatic carbocycles. The minimum atomic E-state index is -4.06. The van der Waals surface area contributed by atoms with Gasteiger partial charge in [-0.2, -0.15) is 4.31 Å². The first-order valence-electron chi connectivity index (χ1n) is 9.31. The van der Waals surface area contributed by atoms with Crippen molar-refractivity contribution in [1.82, 2.24) is 9.21 Å². The Morgan fingerprint density at radius 3 is 2.48 bits per heavy atom. The van der Waals surface area contributed by atoms with Gasteiger partial charge in [-0.05, 0) is 37.5 Å². The summed E-state index contributed by atoms with van der Waals surface area (Å²) in [7, 11) is -4.06. The lowest BCUT2D eigenvalue weighted by atomic mass is 9.88. The maximum Gasteiger partial charge on any atom is 0.246 e. The normalized spacial score (nSPS) is 27.3. The summed E-state index contributed by atoms with van der Waals surface area (Å²) in [5, 5.41) is 0. The lowest BCUT2D eigenvalue weighted by Crippen LogP contribution is -2.48. The summed E-state index contributed by atoms with van der Waals surface area (Å²) in [6, 6.07) is 2.84. The van der Waals surface area contributed by atoms with E-state index in [1.807, 2.05) is 0 Å². The monoisotopic (exact) mass is 402 g/mol. The number of rotatable bonds is 3. The van der Waals surface area contributed by atoms with Crippen LogP contribution in [0.25, 0.3) is 0 Å². The molecule has 0 bridgehead atoms. The maximum atomic E-state index is 14.0. The van der Waals surface area contributed by atoms with Crippen LogP contribution in [0.15, 0.2) is 23.1 Å². The lowest BCUT2D eigenvalue weighted by molar-refractivity contribution is -0.0328. The van der Waals surface area contributed by atoms with E-state index in [2.05, 4.69) is 4.90 Å². The molecule has 1 spiro atoms. The topological polar surface area (TPSA) is 59.1 Å². The van der Waals surface area contributed by atoms with Crippen molar-refractivity contribution in [2.24, 2.45) is 0 Å². The van der Waals surface area contributed by atoms with Crippen LogP contribution in [0.5, 0.6) is 0 Å². The Kier molecular flexibility index (Phi) is 5.24. The third kappa shape index (κ3) is 3.75. The van der Waals surface area contributed by atoms with Crippen molar-refractivity contribution < 1.29 is 26.7 Å². The molecule has 150 valence electrons. The second kappa shape index (κ2) is 7.36. The van der Waals surface area contributed by atoms with Crippen LogP contribution in [-0.4, -0.2) is 75.3 Å². The van der Waals surface area contributed by atoms with Crippen LogP contribution in [0.2, 0.25) is 0 Å². The Morgan fingerprint density at radius 1 is 1.07 bits per heavy atom.